The van der Waals surface area contributed by atoms with Gasteiger partial charge < -0.3 is 25.2 Å². The van der Waals surface area contributed by atoms with Gasteiger partial charge >= 0.3 is 25.7 Å². The highest BCUT2D eigenvalue weighted by Gasteiger charge is 2.28. The smallest absolute Gasteiger partial charge is 0.472 e. The molecule has 0 aromatic heterocycles. The van der Waals surface area contributed by atoms with Gasteiger partial charge in [-0.3, -0.25) is 23.4 Å². The first kappa shape index (κ1) is 50.0. The summed E-state index contributed by atoms with van der Waals surface area (Å²) in [4.78, 5) is 45.8. The molecule has 0 spiro atoms. The van der Waals surface area contributed by atoms with E-state index in [1.54, 1.807) is 0 Å². The van der Waals surface area contributed by atoms with E-state index in [0.717, 1.165) is 44.9 Å². The second-order valence-corrected chi connectivity index (χ2v) is 15.2. The molecule has 0 aliphatic heterocycles. The van der Waals surface area contributed by atoms with E-state index in [2.05, 4.69) is 42.7 Å². The van der Waals surface area contributed by atoms with Crippen LogP contribution in [0, 0.1) is 0 Å². The number of carboxylic acids is 1. The van der Waals surface area contributed by atoms with Gasteiger partial charge in [0.2, 0.25) is 0 Å². The van der Waals surface area contributed by atoms with Crippen molar-refractivity contribution in [3.63, 3.8) is 0 Å². The summed E-state index contributed by atoms with van der Waals surface area (Å²) in [5.41, 5.74) is 5.32. The number of hydrogen-bond donors (Lipinski definition) is 3. The number of phosphoric ester groups is 1. The number of esters is 2. The Morgan fingerprint density at radius 3 is 1.44 bits per heavy atom. The molecule has 0 fully saturated rings. The lowest BCUT2D eigenvalue weighted by molar-refractivity contribution is -0.161. The molecule has 1 unspecified atom stereocenters. The molecule has 0 aromatic carbocycles. The van der Waals surface area contributed by atoms with Crippen molar-refractivity contribution < 1.29 is 47.5 Å². The zero-order valence-corrected chi connectivity index (χ0v) is 33.5. The summed E-state index contributed by atoms with van der Waals surface area (Å²) in [7, 11) is -4.72. The maximum atomic E-state index is 12.6. The fourth-order valence-electron chi connectivity index (χ4n) is 5.41. The zero-order valence-electron chi connectivity index (χ0n) is 32.7. The lowest BCUT2D eigenvalue weighted by atomic mass is 10.1. The Morgan fingerprint density at radius 2 is 0.962 bits per heavy atom. The largest absolute Gasteiger partial charge is 0.480 e. The molecule has 12 heteroatoms. The molecule has 52 heavy (non-hydrogen) atoms. The predicted molar refractivity (Wildman–Crippen MR) is 208 cm³/mol. The summed E-state index contributed by atoms with van der Waals surface area (Å²) < 4.78 is 32.6. The highest BCUT2D eigenvalue weighted by Crippen LogP contribution is 2.43. The van der Waals surface area contributed by atoms with E-state index in [9.17, 15) is 23.8 Å². The fraction of sp³-hybridized carbons (Fsp3) is 0.825. The maximum absolute atomic E-state index is 12.6. The van der Waals surface area contributed by atoms with Gasteiger partial charge in [-0.25, -0.2) is 4.57 Å². The first-order valence-corrected chi connectivity index (χ1v) is 21.9. The molecular formula is C40H74NO10P. The summed E-state index contributed by atoms with van der Waals surface area (Å²) in [5, 5.41) is 8.86. The predicted octanol–water partition coefficient (Wildman–Crippen LogP) is 10.3. The lowest BCUT2D eigenvalue weighted by Crippen LogP contribution is -2.34. The molecule has 0 heterocycles. The normalized spacial score (nSPS) is 14.1. The number of carboxylic acid groups (broad SMARTS) is 1. The van der Waals surface area contributed by atoms with Crippen molar-refractivity contribution in [2.75, 3.05) is 19.8 Å². The lowest BCUT2D eigenvalue weighted by Gasteiger charge is -2.20. The van der Waals surface area contributed by atoms with E-state index in [4.69, 9.17) is 24.8 Å². The number of ether oxygens (including phenoxy) is 2. The number of phosphoric acid groups is 1. The number of aliphatic carboxylic acids is 1. The molecule has 0 saturated heterocycles. The van der Waals surface area contributed by atoms with Crippen LogP contribution in [0.25, 0.3) is 0 Å². The summed E-state index contributed by atoms with van der Waals surface area (Å²) in [6.45, 7) is 2.75. The standard InChI is InChI=1S/C40H74NO10P/c1-3-5-7-9-11-13-15-17-18-20-22-24-26-28-30-32-39(43)51-36(34-49-52(46,47)50-35-37(41)40(44)45)33-48-38(42)31-29-27-25-23-21-19-16-14-12-10-8-6-4-2/h19,21-22,24,36-37H,3-18,20,23,25-35,41H2,1-2H3,(H,44,45)(H,46,47)/b21-19+,24-22+/t36-,37+/m1/s1. The molecule has 0 rings (SSSR count). The first-order chi connectivity index (χ1) is 25.1. The second kappa shape index (κ2) is 36.0. The van der Waals surface area contributed by atoms with E-state index < -0.39 is 51.1 Å². The Balaban J connectivity index is 4.46. The zero-order chi connectivity index (χ0) is 38.5. The number of rotatable bonds is 38. The van der Waals surface area contributed by atoms with Crippen LogP contribution < -0.4 is 5.73 Å². The van der Waals surface area contributed by atoms with Crippen molar-refractivity contribution in [2.45, 2.75) is 193 Å². The molecule has 0 aliphatic rings. The van der Waals surface area contributed by atoms with Crippen molar-refractivity contribution in [1.29, 1.82) is 0 Å². The quantitative estimate of drug-likeness (QED) is 0.0237. The molecule has 0 radical (unpaired) electrons. The van der Waals surface area contributed by atoms with Gasteiger partial charge in [0, 0.05) is 12.8 Å². The van der Waals surface area contributed by atoms with Gasteiger partial charge in [-0.15, -0.1) is 0 Å². The molecule has 3 atom stereocenters. The Bertz CT molecular complexity index is 989. The molecule has 0 amide bonds. The SMILES string of the molecule is CCCCCCCC/C=C/CCCCCC(=O)OC[C@H](COP(=O)(O)OC[C@H](N)C(=O)O)OC(=O)CCCC/C=C/CCCCCCCCCCC. The minimum absolute atomic E-state index is 0.130. The van der Waals surface area contributed by atoms with Crippen molar-refractivity contribution in [1.82, 2.24) is 0 Å². The first-order valence-electron chi connectivity index (χ1n) is 20.4. The third-order valence-electron chi connectivity index (χ3n) is 8.67. The Hall–Kier alpha value is -2.04. The Kier molecular flexibility index (Phi) is 34.6. The van der Waals surface area contributed by atoms with Gasteiger partial charge in [-0.05, 0) is 64.2 Å². The number of unbranched alkanes of at least 4 members (excludes halogenated alkanes) is 20. The molecule has 0 aromatic rings. The highest BCUT2D eigenvalue weighted by atomic mass is 31.2. The van der Waals surface area contributed by atoms with Crippen LogP contribution in [0.2, 0.25) is 0 Å². The van der Waals surface area contributed by atoms with E-state index in [1.165, 1.54) is 96.3 Å². The fourth-order valence-corrected chi connectivity index (χ4v) is 6.18. The third kappa shape index (κ3) is 35.0. The Labute approximate surface area is 315 Å². The van der Waals surface area contributed by atoms with Gasteiger partial charge in [0.25, 0.3) is 0 Å². The molecular weight excluding hydrogens is 685 g/mol. The van der Waals surface area contributed by atoms with Crippen LogP contribution >= 0.6 is 7.82 Å². The summed E-state index contributed by atoms with van der Waals surface area (Å²) in [6.07, 6.45) is 35.4. The van der Waals surface area contributed by atoms with Crippen LogP contribution in [0.3, 0.4) is 0 Å². The van der Waals surface area contributed by atoms with Gasteiger partial charge in [0.05, 0.1) is 13.2 Å². The second-order valence-electron chi connectivity index (χ2n) is 13.8. The number of hydrogen-bond acceptors (Lipinski definition) is 9. The van der Waals surface area contributed by atoms with Crippen molar-refractivity contribution >= 4 is 25.7 Å². The van der Waals surface area contributed by atoms with Crippen LogP contribution in [0.1, 0.15) is 181 Å². The molecule has 0 bridgehead atoms. The number of carbonyl (C=O) groups is 3. The molecule has 0 aliphatic carbocycles. The van der Waals surface area contributed by atoms with Crippen molar-refractivity contribution in [3.8, 4) is 0 Å². The molecule has 4 N–H and O–H groups in total. The van der Waals surface area contributed by atoms with Crippen LogP contribution in [0.4, 0.5) is 0 Å². The minimum Gasteiger partial charge on any atom is -0.480 e. The van der Waals surface area contributed by atoms with Gasteiger partial charge in [-0.1, -0.05) is 128 Å². The van der Waals surface area contributed by atoms with Crippen LogP contribution in [-0.4, -0.2) is 59.9 Å². The van der Waals surface area contributed by atoms with E-state index in [0.29, 0.717) is 12.8 Å². The van der Waals surface area contributed by atoms with Gasteiger partial charge in [-0.2, -0.15) is 0 Å². The van der Waals surface area contributed by atoms with E-state index in [1.807, 2.05) is 0 Å². The molecule has 304 valence electrons. The number of allylic oxidation sites excluding steroid dienone is 4. The monoisotopic (exact) mass is 760 g/mol. The number of nitrogens with two attached hydrogens (primary N) is 1. The third-order valence-corrected chi connectivity index (χ3v) is 9.62. The van der Waals surface area contributed by atoms with Crippen LogP contribution in [0.5, 0.6) is 0 Å². The van der Waals surface area contributed by atoms with Crippen molar-refractivity contribution in [2.24, 2.45) is 5.73 Å². The van der Waals surface area contributed by atoms with Gasteiger partial charge in [0.15, 0.2) is 6.10 Å². The summed E-state index contributed by atoms with van der Waals surface area (Å²) >= 11 is 0. The maximum Gasteiger partial charge on any atom is 0.472 e. The highest BCUT2D eigenvalue weighted by molar-refractivity contribution is 7.47. The van der Waals surface area contributed by atoms with Gasteiger partial charge in [0.1, 0.15) is 12.6 Å². The van der Waals surface area contributed by atoms with Crippen LogP contribution in [-0.2, 0) is 37.5 Å². The number of carbonyl (C=O) groups excluding carboxylic acids is 2. The Morgan fingerprint density at radius 1 is 0.577 bits per heavy atom. The van der Waals surface area contributed by atoms with E-state index >= 15 is 0 Å². The average Bonchev–Trinajstić information content (AvgIpc) is 3.12. The summed E-state index contributed by atoms with van der Waals surface area (Å²) in [6, 6.07) is -1.52. The van der Waals surface area contributed by atoms with E-state index in [-0.39, 0.29) is 19.4 Å². The molecule has 11 nitrogen and oxygen atoms in total. The molecule has 0 saturated carbocycles. The average molecular weight is 760 g/mol. The van der Waals surface area contributed by atoms with Crippen molar-refractivity contribution in [3.05, 3.63) is 24.3 Å². The summed E-state index contributed by atoms with van der Waals surface area (Å²) in [5.74, 6) is -2.42. The minimum atomic E-state index is -4.72. The topological polar surface area (TPSA) is 172 Å². The van der Waals surface area contributed by atoms with Crippen LogP contribution in [0.15, 0.2) is 24.3 Å².